The first-order valence-corrected chi connectivity index (χ1v) is 8.32. The fourth-order valence-corrected chi connectivity index (χ4v) is 3.21. The van der Waals surface area contributed by atoms with E-state index in [0.29, 0.717) is 26.1 Å². The van der Waals surface area contributed by atoms with Crippen molar-refractivity contribution >= 4 is 11.9 Å². The van der Waals surface area contributed by atoms with Crippen LogP contribution >= 0.6 is 0 Å². The van der Waals surface area contributed by atoms with Gasteiger partial charge in [0.05, 0.1) is 24.5 Å². The Labute approximate surface area is 136 Å². The minimum Gasteiger partial charge on any atom is -0.481 e. The van der Waals surface area contributed by atoms with Gasteiger partial charge in [0, 0.05) is 13.1 Å². The lowest BCUT2D eigenvalue weighted by Crippen LogP contribution is -2.42. The maximum Gasteiger partial charge on any atom is 0.307 e. The van der Waals surface area contributed by atoms with Crippen LogP contribution in [-0.2, 0) is 20.7 Å². The van der Waals surface area contributed by atoms with Crippen molar-refractivity contribution in [3.63, 3.8) is 0 Å². The average molecular weight is 317 g/mol. The molecule has 124 valence electrons. The second kappa shape index (κ2) is 7.13. The van der Waals surface area contributed by atoms with Gasteiger partial charge in [-0.05, 0) is 31.2 Å². The monoisotopic (exact) mass is 317 g/mol. The summed E-state index contributed by atoms with van der Waals surface area (Å²) in [7, 11) is 0. The van der Waals surface area contributed by atoms with Crippen LogP contribution in [0.4, 0.5) is 0 Å². The van der Waals surface area contributed by atoms with E-state index in [9.17, 15) is 9.59 Å². The van der Waals surface area contributed by atoms with Crippen molar-refractivity contribution in [3.05, 3.63) is 35.9 Å². The molecule has 1 N–H and O–H groups in total. The van der Waals surface area contributed by atoms with E-state index < -0.39 is 11.9 Å². The van der Waals surface area contributed by atoms with Gasteiger partial charge in [-0.3, -0.25) is 9.59 Å². The van der Waals surface area contributed by atoms with Crippen molar-refractivity contribution in [2.75, 3.05) is 19.7 Å². The third kappa shape index (κ3) is 4.10. The van der Waals surface area contributed by atoms with Crippen molar-refractivity contribution < 1.29 is 19.4 Å². The Morgan fingerprint density at radius 2 is 1.83 bits per heavy atom. The third-order valence-electron chi connectivity index (χ3n) is 4.77. The molecule has 1 aromatic carbocycles. The van der Waals surface area contributed by atoms with Crippen molar-refractivity contribution in [1.82, 2.24) is 4.90 Å². The molecule has 0 radical (unpaired) electrons. The number of likely N-dealkylation sites (tertiary alicyclic amines) is 1. The molecule has 0 spiro atoms. The van der Waals surface area contributed by atoms with Crippen LogP contribution in [0, 0.1) is 11.8 Å². The molecule has 1 saturated carbocycles. The zero-order valence-corrected chi connectivity index (χ0v) is 13.2. The zero-order valence-electron chi connectivity index (χ0n) is 13.2. The number of hydrogen-bond acceptors (Lipinski definition) is 3. The van der Waals surface area contributed by atoms with Gasteiger partial charge < -0.3 is 14.7 Å². The molecule has 5 nitrogen and oxygen atoms in total. The van der Waals surface area contributed by atoms with E-state index in [-0.39, 0.29) is 17.9 Å². The van der Waals surface area contributed by atoms with E-state index in [1.54, 1.807) is 0 Å². The molecular formula is C18H23NO4. The molecule has 2 unspecified atom stereocenters. The summed E-state index contributed by atoms with van der Waals surface area (Å²) in [5, 5.41) is 8.91. The van der Waals surface area contributed by atoms with Crippen molar-refractivity contribution in [1.29, 1.82) is 0 Å². The van der Waals surface area contributed by atoms with Gasteiger partial charge in [0.1, 0.15) is 0 Å². The van der Waals surface area contributed by atoms with E-state index in [4.69, 9.17) is 9.84 Å². The van der Waals surface area contributed by atoms with Crippen LogP contribution in [0.1, 0.15) is 24.8 Å². The van der Waals surface area contributed by atoms with Crippen LogP contribution in [0.3, 0.4) is 0 Å². The smallest absolute Gasteiger partial charge is 0.307 e. The summed E-state index contributed by atoms with van der Waals surface area (Å²) >= 11 is 0. The average Bonchev–Trinajstić information content (AvgIpc) is 3.37. The van der Waals surface area contributed by atoms with E-state index in [2.05, 4.69) is 12.1 Å². The Kier molecular flexibility index (Phi) is 4.96. The van der Waals surface area contributed by atoms with Gasteiger partial charge in [-0.25, -0.2) is 0 Å². The summed E-state index contributed by atoms with van der Waals surface area (Å²) in [4.78, 5) is 24.9. The Bertz CT molecular complexity index is 551. The second-order valence-electron chi connectivity index (χ2n) is 6.42. The predicted molar refractivity (Wildman–Crippen MR) is 84.9 cm³/mol. The van der Waals surface area contributed by atoms with Gasteiger partial charge in [-0.1, -0.05) is 30.3 Å². The number of aliphatic carboxylic acids is 1. The van der Waals surface area contributed by atoms with Gasteiger partial charge >= 0.3 is 5.97 Å². The molecule has 0 aromatic heterocycles. The number of carboxylic acid groups (broad SMARTS) is 1. The standard InChI is InChI=1S/C18H23NO4/c20-17(15-12-16(15)18(21)22)19-9-6-14(7-10-19)23-11-8-13-4-2-1-3-5-13/h1-5,14-16H,6-12H2,(H,21,22). The normalized spacial score (nSPS) is 24.4. The summed E-state index contributed by atoms with van der Waals surface area (Å²) in [6.07, 6.45) is 3.29. The Morgan fingerprint density at radius 3 is 2.43 bits per heavy atom. The second-order valence-corrected chi connectivity index (χ2v) is 6.42. The van der Waals surface area contributed by atoms with Gasteiger partial charge in [0.15, 0.2) is 0 Å². The number of rotatable bonds is 6. The Balaban J connectivity index is 1.36. The molecule has 1 aromatic rings. The molecule has 1 aliphatic carbocycles. The molecule has 3 rings (SSSR count). The van der Waals surface area contributed by atoms with Crippen LogP contribution < -0.4 is 0 Å². The summed E-state index contributed by atoms with van der Waals surface area (Å²) < 4.78 is 5.92. The van der Waals surface area contributed by atoms with Crippen molar-refractivity contribution in [3.8, 4) is 0 Å². The minimum absolute atomic E-state index is 0.0140. The number of carboxylic acids is 1. The predicted octanol–water partition coefficient (Wildman–Crippen LogP) is 1.96. The number of hydrogen-bond donors (Lipinski definition) is 1. The highest BCUT2D eigenvalue weighted by molar-refractivity contribution is 5.89. The fraction of sp³-hybridized carbons (Fsp3) is 0.556. The fourth-order valence-electron chi connectivity index (χ4n) is 3.21. The first-order chi connectivity index (χ1) is 11.1. The maximum atomic E-state index is 12.2. The molecule has 1 amide bonds. The molecule has 2 atom stereocenters. The topological polar surface area (TPSA) is 66.8 Å². The van der Waals surface area contributed by atoms with Gasteiger partial charge in [-0.2, -0.15) is 0 Å². The molecule has 2 aliphatic rings. The molecule has 2 fully saturated rings. The number of carbonyl (C=O) groups excluding carboxylic acids is 1. The summed E-state index contributed by atoms with van der Waals surface area (Å²) in [5.41, 5.74) is 1.27. The van der Waals surface area contributed by atoms with E-state index >= 15 is 0 Å². The van der Waals surface area contributed by atoms with Crippen LogP contribution in [-0.4, -0.2) is 47.7 Å². The highest BCUT2D eigenvalue weighted by Crippen LogP contribution is 2.40. The quantitative estimate of drug-likeness (QED) is 0.871. The summed E-state index contributed by atoms with van der Waals surface area (Å²) in [5.74, 6) is -1.58. The van der Waals surface area contributed by atoms with E-state index in [1.165, 1.54) is 5.56 Å². The van der Waals surface area contributed by atoms with Crippen molar-refractivity contribution in [2.24, 2.45) is 11.8 Å². The van der Waals surface area contributed by atoms with Crippen LogP contribution in [0.2, 0.25) is 0 Å². The van der Waals surface area contributed by atoms with Crippen molar-refractivity contribution in [2.45, 2.75) is 31.8 Å². The van der Waals surface area contributed by atoms with Crippen LogP contribution in [0.15, 0.2) is 30.3 Å². The number of nitrogens with zero attached hydrogens (tertiary/aromatic N) is 1. The van der Waals surface area contributed by atoms with E-state index in [0.717, 1.165) is 19.3 Å². The molecule has 1 saturated heterocycles. The molecule has 5 heteroatoms. The van der Waals surface area contributed by atoms with Gasteiger partial charge in [0.2, 0.25) is 5.91 Å². The molecule has 0 bridgehead atoms. The first kappa shape index (κ1) is 16.0. The van der Waals surface area contributed by atoms with E-state index in [1.807, 2.05) is 23.1 Å². The van der Waals surface area contributed by atoms with Gasteiger partial charge in [-0.15, -0.1) is 0 Å². The number of carbonyl (C=O) groups is 2. The highest BCUT2D eigenvalue weighted by atomic mass is 16.5. The highest BCUT2D eigenvalue weighted by Gasteiger charge is 2.50. The molecule has 23 heavy (non-hydrogen) atoms. The summed E-state index contributed by atoms with van der Waals surface area (Å²) in [6.45, 7) is 2.06. The number of amides is 1. The Morgan fingerprint density at radius 1 is 1.13 bits per heavy atom. The van der Waals surface area contributed by atoms with Crippen LogP contribution in [0.25, 0.3) is 0 Å². The minimum atomic E-state index is -0.845. The molecular weight excluding hydrogens is 294 g/mol. The first-order valence-electron chi connectivity index (χ1n) is 8.32. The van der Waals surface area contributed by atoms with Gasteiger partial charge in [0.25, 0.3) is 0 Å². The Hall–Kier alpha value is -1.88. The lowest BCUT2D eigenvalue weighted by atomic mass is 10.1. The SMILES string of the molecule is O=C(O)C1CC1C(=O)N1CCC(OCCc2ccccc2)CC1. The summed E-state index contributed by atoms with van der Waals surface area (Å²) in [6, 6.07) is 10.3. The van der Waals surface area contributed by atoms with Crippen LogP contribution in [0.5, 0.6) is 0 Å². The molecule has 1 aliphatic heterocycles. The third-order valence-corrected chi connectivity index (χ3v) is 4.77. The maximum absolute atomic E-state index is 12.2. The molecule has 1 heterocycles. The number of ether oxygens (including phenoxy) is 1. The number of benzene rings is 1. The lowest BCUT2D eigenvalue weighted by molar-refractivity contribution is -0.142. The number of piperidine rings is 1. The lowest BCUT2D eigenvalue weighted by Gasteiger charge is -2.32. The zero-order chi connectivity index (χ0) is 16.2. The largest absolute Gasteiger partial charge is 0.481 e.